The molecular weight excluding hydrogens is 284 g/mol. The van der Waals surface area contributed by atoms with E-state index in [0.29, 0.717) is 5.91 Å². The van der Waals surface area contributed by atoms with E-state index in [9.17, 15) is 4.79 Å². The Labute approximate surface area is 136 Å². The quantitative estimate of drug-likeness (QED) is 0.858. The minimum Gasteiger partial charge on any atom is -0.342 e. The largest absolute Gasteiger partial charge is 0.342 e. The number of rotatable bonds is 4. The number of carbonyl (C=O) groups excluding carboxylic acids is 1. The monoisotopic (exact) mass is 316 g/mol. The number of amides is 1. The Balaban J connectivity index is 0.00000220. The van der Waals surface area contributed by atoms with Crippen molar-refractivity contribution in [1.82, 2.24) is 4.90 Å². The van der Waals surface area contributed by atoms with Gasteiger partial charge in [-0.15, -0.1) is 12.4 Å². The molecule has 3 nitrogen and oxygen atoms in total. The summed E-state index contributed by atoms with van der Waals surface area (Å²) in [5.74, 6) is 1.24. The van der Waals surface area contributed by atoms with Crippen LogP contribution in [0.2, 0.25) is 0 Å². The van der Waals surface area contributed by atoms with Gasteiger partial charge in [0.1, 0.15) is 0 Å². The summed E-state index contributed by atoms with van der Waals surface area (Å²) in [7, 11) is 0. The van der Waals surface area contributed by atoms with Crippen molar-refractivity contribution in [3.63, 3.8) is 0 Å². The molecule has 1 aliphatic carbocycles. The van der Waals surface area contributed by atoms with E-state index < -0.39 is 0 Å². The fourth-order valence-corrected chi connectivity index (χ4v) is 3.76. The zero-order valence-corrected chi connectivity index (χ0v) is 14.6. The van der Waals surface area contributed by atoms with E-state index in [2.05, 4.69) is 13.8 Å². The summed E-state index contributed by atoms with van der Waals surface area (Å²) >= 11 is 0. The summed E-state index contributed by atoms with van der Waals surface area (Å²) in [4.78, 5) is 14.4. The van der Waals surface area contributed by atoms with Crippen LogP contribution in [-0.4, -0.2) is 29.9 Å². The van der Waals surface area contributed by atoms with Gasteiger partial charge >= 0.3 is 0 Å². The van der Waals surface area contributed by atoms with E-state index in [1.807, 2.05) is 4.90 Å². The first kappa shape index (κ1) is 18.8. The lowest BCUT2D eigenvalue weighted by Crippen LogP contribution is -2.53. The second kappa shape index (κ2) is 8.38. The van der Waals surface area contributed by atoms with Gasteiger partial charge in [-0.05, 0) is 30.6 Å². The molecule has 2 aliphatic rings. The second-order valence-electron chi connectivity index (χ2n) is 7.60. The van der Waals surface area contributed by atoms with Crippen molar-refractivity contribution in [3.8, 4) is 0 Å². The van der Waals surface area contributed by atoms with Gasteiger partial charge in [0.2, 0.25) is 5.91 Å². The highest BCUT2D eigenvalue weighted by atomic mass is 35.5. The van der Waals surface area contributed by atoms with Crippen LogP contribution in [0.3, 0.4) is 0 Å². The molecule has 2 fully saturated rings. The summed E-state index contributed by atoms with van der Waals surface area (Å²) < 4.78 is 0. The predicted octanol–water partition coefficient (Wildman–Crippen LogP) is 3.74. The molecule has 1 saturated heterocycles. The summed E-state index contributed by atoms with van der Waals surface area (Å²) in [5.41, 5.74) is 6.20. The molecule has 4 heteroatoms. The number of nitrogens with zero attached hydrogens (tertiary/aromatic N) is 1. The Morgan fingerprint density at radius 3 is 2.48 bits per heavy atom. The smallest absolute Gasteiger partial charge is 0.222 e. The summed E-state index contributed by atoms with van der Waals surface area (Å²) in [6.45, 7) is 6.04. The molecule has 1 atom stereocenters. The maximum absolute atomic E-state index is 12.3. The van der Waals surface area contributed by atoms with Crippen LogP contribution in [0, 0.1) is 11.3 Å². The molecule has 1 heterocycles. The third kappa shape index (κ3) is 5.45. The van der Waals surface area contributed by atoms with Crippen LogP contribution in [0.25, 0.3) is 0 Å². The highest BCUT2D eigenvalue weighted by Gasteiger charge is 2.35. The van der Waals surface area contributed by atoms with Gasteiger partial charge in [-0.2, -0.15) is 0 Å². The molecule has 1 unspecified atom stereocenters. The lowest BCUT2D eigenvalue weighted by atomic mass is 9.79. The number of carbonyl (C=O) groups is 1. The summed E-state index contributed by atoms with van der Waals surface area (Å²) in [6.07, 6.45) is 11.0. The van der Waals surface area contributed by atoms with Crippen molar-refractivity contribution in [2.24, 2.45) is 17.1 Å². The number of halogens is 1. The SMILES string of the molecule is CC1(C)CN(C(=O)CCCC2CCCCC2)CCC1N.Cl. The van der Waals surface area contributed by atoms with Gasteiger partial charge in [0.25, 0.3) is 0 Å². The van der Waals surface area contributed by atoms with Crippen molar-refractivity contribution >= 4 is 18.3 Å². The van der Waals surface area contributed by atoms with Crippen LogP contribution >= 0.6 is 12.4 Å². The molecule has 0 spiro atoms. The van der Waals surface area contributed by atoms with Gasteiger partial charge < -0.3 is 10.6 Å². The average Bonchev–Trinajstić information content (AvgIpc) is 2.43. The van der Waals surface area contributed by atoms with Gasteiger partial charge in [-0.25, -0.2) is 0 Å². The fourth-order valence-electron chi connectivity index (χ4n) is 3.76. The van der Waals surface area contributed by atoms with E-state index in [1.54, 1.807) is 0 Å². The van der Waals surface area contributed by atoms with Crippen molar-refractivity contribution in [2.75, 3.05) is 13.1 Å². The first-order valence-electron chi connectivity index (χ1n) is 8.52. The van der Waals surface area contributed by atoms with E-state index in [1.165, 1.54) is 38.5 Å². The Morgan fingerprint density at radius 2 is 1.86 bits per heavy atom. The molecule has 0 aromatic heterocycles. The second-order valence-corrected chi connectivity index (χ2v) is 7.60. The van der Waals surface area contributed by atoms with E-state index in [0.717, 1.165) is 38.3 Å². The summed E-state index contributed by atoms with van der Waals surface area (Å²) in [5, 5.41) is 0. The number of likely N-dealkylation sites (tertiary alicyclic amines) is 1. The zero-order valence-electron chi connectivity index (χ0n) is 13.8. The van der Waals surface area contributed by atoms with Crippen molar-refractivity contribution in [1.29, 1.82) is 0 Å². The lowest BCUT2D eigenvalue weighted by molar-refractivity contribution is -0.134. The Bertz CT molecular complexity index is 327. The zero-order chi connectivity index (χ0) is 14.6. The van der Waals surface area contributed by atoms with Gasteiger partial charge in [-0.1, -0.05) is 46.0 Å². The van der Waals surface area contributed by atoms with Gasteiger partial charge in [0, 0.05) is 25.6 Å². The molecule has 0 aromatic carbocycles. The normalized spacial score (nSPS) is 26.2. The molecule has 124 valence electrons. The highest BCUT2D eigenvalue weighted by molar-refractivity contribution is 5.85. The van der Waals surface area contributed by atoms with Crippen LogP contribution in [0.5, 0.6) is 0 Å². The molecule has 1 saturated carbocycles. The third-order valence-electron chi connectivity index (χ3n) is 5.39. The van der Waals surface area contributed by atoms with E-state index >= 15 is 0 Å². The number of hydrogen-bond donors (Lipinski definition) is 1. The molecule has 1 amide bonds. The average molecular weight is 317 g/mol. The number of hydrogen-bond acceptors (Lipinski definition) is 2. The highest BCUT2D eigenvalue weighted by Crippen LogP contribution is 2.30. The Hall–Kier alpha value is -0.280. The Morgan fingerprint density at radius 1 is 1.19 bits per heavy atom. The van der Waals surface area contributed by atoms with Crippen molar-refractivity contribution in [2.45, 2.75) is 77.7 Å². The topological polar surface area (TPSA) is 46.3 Å². The molecule has 0 aromatic rings. The lowest BCUT2D eigenvalue weighted by Gasteiger charge is -2.42. The van der Waals surface area contributed by atoms with Gasteiger partial charge in [-0.3, -0.25) is 4.79 Å². The maximum Gasteiger partial charge on any atom is 0.222 e. The molecule has 0 bridgehead atoms. The molecule has 21 heavy (non-hydrogen) atoms. The predicted molar refractivity (Wildman–Crippen MR) is 90.6 cm³/mol. The maximum atomic E-state index is 12.3. The van der Waals surface area contributed by atoms with Crippen LogP contribution in [0.1, 0.15) is 71.6 Å². The number of piperidine rings is 1. The minimum absolute atomic E-state index is 0. The molecule has 0 radical (unpaired) electrons. The third-order valence-corrected chi connectivity index (χ3v) is 5.39. The molecular formula is C17H33ClN2O. The van der Waals surface area contributed by atoms with Crippen LogP contribution < -0.4 is 5.73 Å². The summed E-state index contributed by atoms with van der Waals surface area (Å²) in [6, 6.07) is 0.230. The van der Waals surface area contributed by atoms with Crippen LogP contribution in [-0.2, 0) is 4.79 Å². The molecule has 1 aliphatic heterocycles. The Kier molecular flexibility index (Phi) is 7.49. The fraction of sp³-hybridized carbons (Fsp3) is 0.941. The molecule has 2 rings (SSSR count). The first-order chi connectivity index (χ1) is 9.49. The first-order valence-corrected chi connectivity index (χ1v) is 8.52. The van der Waals surface area contributed by atoms with E-state index in [4.69, 9.17) is 5.73 Å². The minimum atomic E-state index is 0. The van der Waals surface area contributed by atoms with Crippen LogP contribution in [0.4, 0.5) is 0 Å². The number of nitrogens with two attached hydrogens (primary N) is 1. The van der Waals surface area contributed by atoms with Gasteiger partial charge in [0.15, 0.2) is 0 Å². The van der Waals surface area contributed by atoms with Gasteiger partial charge in [0.05, 0.1) is 0 Å². The standard InChI is InChI=1S/C17H32N2O.ClH/c1-17(2)13-19(12-11-15(17)18)16(20)10-6-9-14-7-4-3-5-8-14;/h14-15H,3-13,18H2,1-2H3;1H. The van der Waals surface area contributed by atoms with Crippen molar-refractivity contribution < 1.29 is 4.79 Å². The van der Waals surface area contributed by atoms with E-state index in [-0.39, 0.29) is 23.9 Å². The molecule has 2 N–H and O–H groups in total. The van der Waals surface area contributed by atoms with Crippen molar-refractivity contribution in [3.05, 3.63) is 0 Å². The van der Waals surface area contributed by atoms with Crippen LogP contribution in [0.15, 0.2) is 0 Å².